The van der Waals surface area contributed by atoms with Crippen LogP contribution in [0.5, 0.6) is 0 Å². The largest absolute Gasteiger partial charge is 0.390 e. The molecule has 4 nitrogen and oxygen atoms in total. The average molecular weight is 576 g/mol. The van der Waals surface area contributed by atoms with Gasteiger partial charge in [0.25, 0.3) is 5.91 Å². The van der Waals surface area contributed by atoms with Crippen LogP contribution in [0.15, 0.2) is 59.3 Å². The van der Waals surface area contributed by atoms with E-state index < -0.39 is 5.60 Å². The lowest BCUT2D eigenvalue weighted by atomic mass is 9.84. The highest BCUT2D eigenvalue weighted by Gasteiger charge is 2.39. The van der Waals surface area contributed by atoms with Gasteiger partial charge in [0.05, 0.1) is 15.6 Å². The number of hydrogen-bond donors (Lipinski definition) is 1. The molecule has 3 heterocycles. The molecule has 38 heavy (non-hydrogen) atoms. The molecule has 2 atom stereocenters. The summed E-state index contributed by atoms with van der Waals surface area (Å²) in [6, 6.07) is 13.9. The van der Waals surface area contributed by atoms with Crippen molar-refractivity contribution in [3.8, 4) is 0 Å². The normalized spacial score (nSPS) is 21.6. The highest BCUT2D eigenvalue weighted by atomic mass is 35.5. The summed E-state index contributed by atoms with van der Waals surface area (Å²) in [5, 5.41) is 16.3. The van der Waals surface area contributed by atoms with E-state index in [2.05, 4.69) is 21.7 Å². The lowest BCUT2D eigenvalue weighted by Crippen LogP contribution is -2.46. The number of aliphatic hydroxyl groups is 1. The smallest absolute Gasteiger partial charge is 0.253 e. The molecule has 2 fully saturated rings. The van der Waals surface area contributed by atoms with E-state index in [9.17, 15) is 14.3 Å². The van der Waals surface area contributed by atoms with Gasteiger partial charge in [-0.05, 0) is 96.3 Å². The van der Waals surface area contributed by atoms with Crippen LogP contribution in [0, 0.1) is 11.7 Å². The molecule has 202 valence electrons. The molecule has 0 bridgehead atoms. The number of hydrogen-bond acceptors (Lipinski definition) is 4. The summed E-state index contributed by atoms with van der Waals surface area (Å²) in [6.07, 6.45) is 3.98. The molecule has 1 aromatic heterocycles. The second-order valence-corrected chi connectivity index (χ2v) is 12.4. The first-order valence-corrected chi connectivity index (χ1v) is 15.0. The molecule has 2 unspecified atom stereocenters. The van der Waals surface area contributed by atoms with Crippen LogP contribution in [0.1, 0.15) is 53.1 Å². The lowest BCUT2D eigenvalue weighted by Gasteiger charge is -2.39. The molecule has 0 spiro atoms. The van der Waals surface area contributed by atoms with Crippen molar-refractivity contribution in [1.29, 1.82) is 0 Å². The summed E-state index contributed by atoms with van der Waals surface area (Å²) in [6.45, 7) is 3.97. The third-order valence-electron chi connectivity index (χ3n) is 8.17. The van der Waals surface area contributed by atoms with E-state index in [0.717, 1.165) is 57.3 Å². The van der Waals surface area contributed by atoms with Crippen molar-refractivity contribution in [2.45, 2.75) is 43.6 Å². The van der Waals surface area contributed by atoms with Crippen molar-refractivity contribution < 1.29 is 14.3 Å². The first-order valence-electron chi connectivity index (χ1n) is 13.3. The molecule has 0 aliphatic carbocycles. The number of thiophene rings is 1. The second kappa shape index (κ2) is 12.1. The van der Waals surface area contributed by atoms with Gasteiger partial charge in [-0.2, -0.15) is 11.3 Å². The maximum absolute atomic E-state index is 13.3. The van der Waals surface area contributed by atoms with Gasteiger partial charge in [0.2, 0.25) is 0 Å². The van der Waals surface area contributed by atoms with Gasteiger partial charge in [0.1, 0.15) is 5.82 Å². The number of rotatable bonds is 8. The molecule has 5 rings (SSSR count). The summed E-state index contributed by atoms with van der Waals surface area (Å²) < 4.78 is 13.1. The van der Waals surface area contributed by atoms with Gasteiger partial charge in [-0.3, -0.25) is 4.79 Å². The van der Waals surface area contributed by atoms with Crippen LogP contribution >= 0.6 is 34.5 Å². The SMILES string of the molecule is O=C(c1ccc(Cl)c(Cl)c1)N1CC(CN2CCC(O)(CCCc3ccc(F)cc3)CC2)C(c2ccsc2)C1. The number of nitrogens with zero attached hydrogens (tertiary/aromatic N) is 2. The van der Waals surface area contributed by atoms with Crippen molar-refractivity contribution in [1.82, 2.24) is 9.80 Å². The first kappa shape index (κ1) is 27.6. The van der Waals surface area contributed by atoms with Crippen LogP contribution in [0.4, 0.5) is 4.39 Å². The standard InChI is InChI=1S/C30H33Cl2FN2O2S/c31-27-8-5-22(16-28(27)32)29(36)35-18-24(26(19-35)23-9-15-38-20-23)17-34-13-11-30(37,12-14-34)10-1-2-21-3-6-25(33)7-4-21/h3-9,15-16,20,24,26,37H,1-2,10-14,17-19H2. The summed E-state index contributed by atoms with van der Waals surface area (Å²) >= 11 is 13.9. The van der Waals surface area contributed by atoms with Gasteiger partial charge in [-0.15, -0.1) is 0 Å². The summed E-state index contributed by atoms with van der Waals surface area (Å²) in [7, 11) is 0. The number of piperidine rings is 1. The molecular weight excluding hydrogens is 542 g/mol. The third kappa shape index (κ3) is 6.60. The molecular formula is C30H33Cl2FN2O2S. The van der Waals surface area contributed by atoms with E-state index >= 15 is 0 Å². The Labute approximate surface area is 238 Å². The van der Waals surface area contributed by atoms with E-state index in [1.54, 1.807) is 29.5 Å². The molecule has 2 aromatic carbocycles. The molecule has 1 N–H and O–H groups in total. The van der Waals surface area contributed by atoms with Crippen LogP contribution in [0.25, 0.3) is 0 Å². The number of amides is 1. The van der Waals surface area contributed by atoms with Crippen LogP contribution in [-0.2, 0) is 6.42 Å². The highest BCUT2D eigenvalue weighted by molar-refractivity contribution is 7.08. The van der Waals surface area contributed by atoms with E-state index in [1.807, 2.05) is 17.0 Å². The molecule has 0 radical (unpaired) electrons. The van der Waals surface area contributed by atoms with Crippen LogP contribution < -0.4 is 0 Å². The predicted octanol–water partition coefficient (Wildman–Crippen LogP) is 6.90. The van der Waals surface area contributed by atoms with E-state index in [4.69, 9.17) is 23.2 Å². The number of aryl methyl sites for hydroxylation is 1. The third-order valence-corrected chi connectivity index (χ3v) is 9.61. The maximum atomic E-state index is 13.3. The summed E-state index contributed by atoms with van der Waals surface area (Å²) in [5.74, 6) is 0.371. The van der Waals surface area contributed by atoms with Gasteiger partial charge in [-0.25, -0.2) is 4.39 Å². The predicted molar refractivity (Wildman–Crippen MR) is 153 cm³/mol. The highest BCUT2D eigenvalue weighted by Crippen LogP contribution is 2.37. The van der Waals surface area contributed by atoms with E-state index in [1.165, 1.54) is 17.7 Å². The molecule has 3 aromatic rings. The minimum Gasteiger partial charge on any atom is -0.390 e. The number of halogens is 3. The van der Waals surface area contributed by atoms with Crippen LogP contribution in [0.2, 0.25) is 10.0 Å². The minimum absolute atomic E-state index is 0.0135. The Bertz CT molecular complexity index is 1230. The molecule has 2 saturated heterocycles. The Balaban J connectivity index is 1.17. The Morgan fingerprint density at radius 3 is 2.50 bits per heavy atom. The Morgan fingerprint density at radius 2 is 1.82 bits per heavy atom. The van der Waals surface area contributed by atoms with Crippen molar-refractivity contribution in [3.63, 3.8) is 0 Å². The zero-order valence-electron chi connectivity index (χ0n) is 21.3. The van der Waals surface area contributed by atoms with Crippen molar-refractivity contribution >= 4 is 40.4 Å². The fraction of sp³-hybridized carbons (Fsp3) is 0.433. The van der Waals surface area contributed by atoms with Crippen LogP contribution in [-0.4, -0.2) is 59.1 Å². The Kier molecular flexibility index (Phi) is 8.75. The van der Waals surface area contributed by atoms with Gasteiger partial charge < -0.3 is 14.9 Å². The van der Waals surface area contributed by atoms with Gasteiger partial charge in [0, 0.05) is 44.2 Å². The van der Waals surface area contributed by atoms with Gasteiger partial charge in [-0.1, -0.05) is 35.3 Å². The quantitative estimate of drug-likeness (QED) is 0.318. The molecule has 0 saturated carbocycles. The number of carbonyl (C=O) groups excluding carboxylic acids is 1. The monoisotopic (exact) mass is 574 g/mol. The molecule has 1 amide bonds. The Morgan fingerprint density at radius 1 is 1.05 bits per heavy atom. The van der Waals surface area contributed by atoms with E-state index in [0.29, 0.717) is 34.6 Å². The van der Waals surface area contributed by atoms with E-state index in [-0.39, 0.29) is 17.6 Å². The van der Waals surface area contributed by atoms with Crippen molar-refractivity contribution in [2.75, 3.05) is 32.7 Å². The van der Waals surface area contributed by atoms with Gasteiger partial charge in [0.15, 0.2) is 0 Å². The second-order valence-electron chi connectivity index (χ2n) is 10.8. The summed E-state index contributed by atoms with van der Waals surface area (Å²) in [4.78, 5) is 17.7. The average Bonchev–Trinajstić information content (AvgIpc) is 3.58. The number of carbonyl (C=O) groups is 1. The Hall–Kier alpha value is -1.96. The first-order chi connectivity index (χ1) is 18.3. The van der Waals surface area contributed by atoms with Gasteiger partial charge >= 0.3 is 0 Å². The number of likely N-dealkylation sites (tertiary alicyclic amines) is 2. The molecule has 8 heteroatoms. The van der Waals surface area contributed by atoms with Crippen LogP contribution in [0.3, 0.4) is 0 Å². The minimum atomic E-state index is -0.644. The fourth-order valence-corrected chi connectivity index (χ4v) is 6.93. The number of benzene rings is 2. The zero-order chi connectivity index (χ0) is 26.7. The molecule has 2 aliphatic heterocycles. The fourth-order valence-electron chi connectivity index (χ4n) is 5.90. The molecule has 2 aliphatic rings. The summed E-state index contributed by atoms with van der Waals surface area (Å²) in [5.41, 5.74) is 2.31. The van der Waals surface area contributed by atoms with Crippen molar-refractivity contribution in [3.05, 3.63) is 91.8 Å². The zero-order valence-corrected chi connectivity index (χ0v) is 23.6. The maximum Gasteiger partial charge on any atom is 0.253 e. The lowest BCUT2D eigenvalue weighted by molar-refractivity contribution is -0.0315. The topological polar surface area (TPSA) is 43.8 Å². The van der Waals surface area contributed by atoms with Crippen molar-refractivity contribution in [2.24, 2.45) is 5.92 Å².